The van der Waals surface area contributed by atoms with Gasteiger partial charge in [-0.2, -0.15) is 4.68 Å². The average molecular weight is 405 g/mol. The van der Waals surface area contributed by atoms with Gasteiger partial charge in [0.15, 0.2) is 0 Å². The summed E-state index contributed by atoms with van der Waals surface area (Å²) in [7, 11) is -3.20. The molecule has 3 rings (SSSR count). The van der Waals surface area contributed by atoms with Crippen LogP contribution in [0.3, 0.4) is 0 Å². The Morgan fingerprint density at radius 1 is 1.00 bits per heavy atom. The van der Waals surface area contributed by atoms with Gasteiger partial charge in [0.1, 0.15) is 5.82 Å². The summed E-state index contributed by atoms with van der Waals surface area (Å²) in [6.45, 7) is 8.14. The predicted molar refractivity (Wildman–Crippen MR) is 112 cm³/mol. The SMILES string of the molecule is CCCS(=O)(=O)N1CCCN(c2ccc(=O)n(-c3ccc(C)c(C)c3)n2)CC1. The molecule has 0 saturated carbocycles. The van der Waals surface area contributed by atoms with Crippen molar-refractivity contribution in [3.05, 3.63) is 51.8 Å². The second-order valence-electron chi connectivity index (χ2n) is 7.27. The first-order valence-corrected chi connectivity index (χ1v) is 11.3. The van der Waals surface area contributed by atoms with E-state index in [1.54, 1.807) is 10.4 Å². The number of rotatable bonds is 5. The van der Waals surface area contributed by atoms with Gasteiger partial charge in [0.25, 0.3) is 5.56 Å². The maximum absolute atomic E-state index is 12.4. The van der Waals surface area contributed by atoms with Crippen molar-refractivity contribution in [2.45, 2.75) is 33.6 Å². The Balaban J connectivity index is 1.84. The summed E-state index contributed by atoms with van der Waals surface area (Å²) in [5, 5.41) is 4.56. The van der Waals surface area contributed by atoms with Crippen LogP contribution in [0, 0.1) is 13.8 Å². The van der Waals surface area contributed by atoms with Crippen molar-refractivity contribution in [1.29, 1.82) is 0 Å². The van der Waals surface area contributed by atoms with E-state index in [2.05, 4.69) is 10.00 Å². The highest BCUT2D eigenvalue weighted by Crippen LogP contribution is 2.17. The summed E-state index contributed by atoms with van der Waals surface area (Å²) in [6, 6.07) is 9.06. The minimum atomic E-state index is -3.20. The summed E-state index contributed by atoms with van der Waals surface area (Å²) >= 11 is 0. The fraction of sp³-hybridized carbons (Fsp3) is 0.500. The van der Waals surface area contributed by atoms with Crippen molar-refractivity contribution >= 4 is 15.8 Å². The Morgan fingerprint density at radius 2 is 1.79 bits per heavy atom. The molecule has 0 radical (unpaired) electrons. The molecule has 2 aromatic rings. The van der Waals surface area contributed by atoms with E-state index in [0.717, 1.165) is 23.2 Å². The Labute approximate surface area is 166 Å². The van der Waals surface area contributed by atoms with Crippen LogP contribution in [0.25, 0.3) is 5.69 Å². The Kier molecular flexibility index (Phi) is 6.20. The maximum atomic E-state index is 12.4. The van der Waals surface area contributed by atoms with E-state index in [-0.39, 0.29) is 11.3 Å². The van der Waals surface area contributed by atoms with Gasteiger partial charge in [0, 0.05) is 32.2 Å². The smallest absolute Gasteiger partial charge is 0.271 e. The predicted octanol–water partition coefficient (Wildman–Crippen LogP) is 2.10. The molecule has 28 heavy (non-hydrogen) atoms. The number of hydrogen-bond donors (Lipinski definition) is 0. The monoisotopic (exact) mass is 404 g/mol. The van der Waals surface area contributed by atoms with Gasteiger partial charge in [-0.3, -0.25) is 4.79 Å². The maximum Gasteiger partial charge on any atom is 0.271 e. The minimum absolute atomic E-state index is 0.183. The molecule has 0 atom stereocenters. The standard InChI is InChI=1S/C20H28N4O3S/c1-4-14-28(26,27)23-11-5-10-22(12-13-23)19-8-9-20(25)24(21-19)18-7-6-16(2)17(3)15-18/h6-9,15H,4-5,10-14H2,1-3H3. The van der Waals surface area contributed by atoms with Gasteiger partial charge < -0.3 is 4.90 Å². The van der Waals surface area contributed by atoms with E-state index in [1.807, 2.05) is 39.0 Å². The fourth-order valence-corrected chi connectivity index (χ4v) is 4.94. The van der Waals surface area contributed by atoms with Crippen LogP contribution in [0.1, 0.15) is 30.9 Å². The lowest BCUT2D eigenvalue weighted by Gasteiger charge is -2.23. The first kappa shape index (κ1) is 20.5. The molecular formula is C20H28N4O3S. The molecule has 1 aromatic heterocycles. The number of aryl methyl sites for hydroxylation is 2. The van der Waals surface area contributed by atoms with Gasteiger partial charge in [-0.15, -0.1) is 5.10 Å². The molecule has 1 saturated heterocycles. The molecule has 8 heteroatoms. The second-order valence-corrected chi connectivity index (χ2v) is 9.35. The fourth-order valence-electron chi connectivity index (χ4n) is 3.40. The van der Waals surface area contributed by atoms with Gasteiger partial charge in [0.05, 0.1) is 11.4 Å². The lowest BCUT2D eigenvalue weighted by molar-refractivity contribution is 0.432. The van der Waals surface area contributed by atoms with E-state index in [4.69, 9.17) is 0 Å². The molecule has 1 aromatic carbocycles. The van der Waals surface area contributed by atoms with E-state index >= 15 is 0 Å². The highest BCUT2D eigenvalue weighted by molar-refractivity contribution is 7.89. The number of sulfonamides is 1. The zero-order chi connectivity index (χ0) is 20.3. The molecule has 1 aliphatic rings. The molecule has 0 amide bonds. The van der Waals surface area contributed by atoms with Crippen molar-refractivity contribution in [1.82, 2.24) is 14.1 Å². The van der Waals surface area contributed by atoms with Crippen molar-refractivity contribution in [3.8, 4) is 5.69 Å². The van der Waals surface area contributed by atoms with Gasteiger partial charge >= 0.3 is 0 Å². The summed E-state index contributed by atoms with van der Waals surface area (Å²) in [6.07, 6.45) is 1.35. The molecular weight excluding hydrogens is 376 g/mol. The van der Waals surface area contributed by atoms with Gasteiger partial charge in [-0.1, -0.05) is 13.0 Å². The lowest BCUT2D eigenvalue weighted by atomic mass is 10.1. The van der Waals surface area contributed by atoms with Crippen molar-refractivity contribution < 1.29 is 8.42 Å². The highest BCUT2D eigenvalue weighted by atomic mass is 32.2. The van der Waals surface area contributed by atoms with E-state index in [9.17, 15) is 13.2 Å². The topological polar surface area (TPSA) is 75.5 Å². The molecule has 0 spiro atoms. The Bertz CT molecular complexity index is 1000. The summed E-state index contributed by atoms with van der Waals surface area (Å²) < 4.78 is 27.7. The van der Waals surface area contributed by atoms with Crippen molar-refractivity contribution in [2.24, 2.45) is 0 Å². The number of anilines is 1. The van der Waals surface area contributed by atoms with Gasteiger partial charge in [-0.25, -0.2) is 12.7 Å². The van der Waals surface area contributed by atoms with Crippen LogP contribution in [0.5, 0.6) is 0 Å². The van der Waals surface area contributed by atoms with Crippen molar-refractivity contribution in [3.63, 3.8) is 0 Å². The Hall–Kier alpha value is -2.19. The number of hydrogen-bond acceptors (Lipinski definition) is 5. The lowest BCUT2D eigenvalue weighted by Crippen LogP contribution is -2.37. The molecule has 0 unspecified atom stereocenters. The third-order valence-corrected chi connectivity index (χ3v) is 7.23. The van der Waals surface area contributed by atoms with Crippen LogP contribution >= 0.6 is 0 Å². The zero-order valence-corrected chi connectivity index (χ0v) is 17.6. The zero-order valence-electron chi connectivity index (χ0n) is 16.8. The summed E-state index contributed by atoms with van der Waals surface area (Å²) in [4.78, 5) is 14.4. The average Bonchev–Trinajstić information content (AvgIpc) is 2.91. The molecule has 1 aliphatic heterocycles. The van der Waals surface area contributed by atoms with Gasteiger partial charge in [-0.05, 0) is 56.0 Å². The molecule has 2 heterocycles. The molecule has 0 aliphatic carbocycles. The van der Waals surface area contributed by atoms with Crippen LogP contribution in [0.4, 0.5) is 5.82 Å². The first-order valence-electron chi connectivity index (χ1n) is 9.72. The number of nitrogens with zero attached hydrogens (tertiary/aromatic N) is 4. The minimum Gasteiger partial charge on any atom is -0.354 e. The largest absolute Gasteiger partial charge is 0.354 e. The van der Waals surface area contributed by atoms with E-state index in [0.29, 0.717) is 38.4 Å². The second kappa shape index (κ2) is 8.45. The van der Waals surface area contributed by atoms with Crippen LogP contribution < -0.4 is 10.5 Å². The molecule has 7 nitrogen and oxygen atoms in total. The number of aromatic nitrogens is 2. The number of benzene rings is 1. The third-order valence-electron chi connectivity index (χ3n) is 5.16. The van der Waals surface area contributed by atoms with Gasteiger partial charge in [0.2, 0.25) is 10.0 Å². The summed E-state index contributed by atoms with van der Waals surface area (Å²) in [5.74, 6) is 0.871. The first-order chi connectivity index (χ1) is 13.3. The molecule has 0 N–H and O–H groups in total. The third kappa shape index (κ3) is 4.44. The molecule has 152 valence electrons. The van der Waals surface area contributed by atoms with Crippen LogP contribution in [0.15, 0.2) is 35.1 Å². The van der Waals surface area contributed by atoms with Crippen LogP contribution in [-0.2, 0) is 10.0 Å². The Morgan fingerprint density at radius 3 is 2.50 bits per heavy atom. The van der Waals surface area contributed by atoms with E-state index < -0.39 is 10.0 Å². The summed E-state index contributed by atoms with van der Waals surface area (Å²) in [5.41, 5.74) is 2.81. The van der Waals surface area contributed by atoms with E-state index in [1.165, 1.54) is 10.7 Å². The normalized spacial score (nSPS) is 16.2. The highest BCUT2D eigenvalue weighted by Gasteiger charge is 2.25. The molecule has 0 bridgehead atoms. The van der Waals surface area contributed by atoms with Crippen molar-refractivity contribution in [2.75, 3.05) is 36.8 Å². The van der Waals surface area contributed by atoms with Crippen LogP contribution in [-0.4, -0.2) is 54.4 Å². The quantitative estimate of drug-likeness (QED) is 0.763. The van der Waals surface area contributed by atoms with Crippen LogP contribution in [0.2, 0.25) is 0 Å². The molecule has 1 fully saturated rings.